The van der Waals surface area contributed by atoms with Gasteiger partial charge in [-0.2, -0.15) is 0 Å². The minimum Gasteiger partial charge on any atom is -0.489 e. The number of aryl methyl sites for hydroxylation is 2. The number of hydrogen-bond acceptors (Lipinski definition) is 6. The van der Waals surface area contributed by atoms with Crippen LogP contribution in [0.25, 0.3) is 0 Å². The maximum absolute atomic E-state index is 13.7. The zero-order chi connectivity index (χ0) is 21.0. The average Bonchev–Trinajstić information content (AvgIpc) is 3.05. The second-order valence-electron chi connectivity index (χ2n) is 6.26. The monoisotopic (exact) mass is 398 g/mol. The second-order valence-corrected chi connectivity index (χ2v) is 6.26. The van der Waals surface area contributed by atoms with Gasteiger partial charge in [0.25, 0.3) is 5.91 Å². The molecule has 0 aliphatic carbocycles. The number of methoxy groups -OCH3 is 1. The lowest BCUT2D eigenvalue weighted by Gasteiger charge is -2.10. The number of amides is 1. The number of aromatic nitrogens is 1. The van der Waals surface area contributed by atoms with E-state index in [2.05, 4.69) is 15.2 Å². The first-order valence-electron chi connectivity index (χ1n) is 8.73. The summed E-state index contributed by atoms with van der Waals surface area (Å²) in [6, 6.07) is 10.3. The summed E-state index contributed by atoms with van der Waals surface area (Å²) in [5, 5.41) is 6.50. The van der Waals surface area contributed by atoms with Gasteiger partial charge >= 0.3 is 5.97 Å². The lowest BCUT2D eigenvalue weighted by atomic mass is 10.1. The van der Waals surface area contributed by atoms with Crippen LogP contribution in [-0.4, -0.2) is 24.1 Å². The molecule has 0 saturated heterocycles. The predicted molar refractivity (Wildman–Crippen MR) is 102 cm³/mol. The molecule has 2 aromatic carbocycles. The Hall–Kier alpha value is -3.68. The van der Waals surface area contributed by atoms with Crippen LogP contribution >= 0.6 is 0 Å². The number of anilines is 1. The summed E-state index contributed by atoms with van der Waals surface area (Å²) in [6.07, 6.45) is 0. The smallest absolute Gasteiger partial charge is 0.340 e. The van der Waals surface area contributed by atoms with E-state index in [-0.39, 0.29) is 17.9 Å². The topological polar surface area (TPSA) is 90.7 Å². The van der Waals surface area contributed by atoms with Crippen molar-refractivity contribution < 1.29 is 28.0 Å². The van der Waals surface area contributed by atoms with Gasteiger partial charge in [0.15, 0.2) is 0 Å². The van der Waals surface area contributed by atoms with Crippen molar-refractivity contribution >= 4 is 17.6 Å². The van der Waals surface area contributed by atoms with Gasteiger partial charge in [-0.3, -0.25) is 4.79 Å². The fraction of sp³-hybridized carbons (Fsp3) is 0.190. The Balaban J connectivity index is 1.72. The molecule has 0 bridgehead atoms. The van der Waals surface area contributed by atoms with Gasteiger partial charge in [-0.15, -0.1) is 0 Å². The van der Waals surface area contributed by atoms with Crippen LogP contribution in [0.2, 0.25) is 0 Å². The molecule has 0 saturated carbocycles. The Bertz CT molecular complexity index is 1040. The highest BCUT2D eigenvalue weighted by molar-refractivity contribution is 6.05. The molecule has 0 radical (unpaired) electrons. The average molecular weight is 398 g/mol. The molecule has 0 spiro atoms. The van der Waals surface area contributed by atoms with E-state index < -0.39 is 17.7 Å². The Morgan fingerprint density at radius 2 is 1.97 bits per heavy atom. The molecule has 8 heteroatoms. The molecule has 1 N–H and O–H groups in total. The molecule has 1 amide bonds. The molecule has 0 unspecified atom stereocenters. The van der Waals surface area contributed by atoms with Crippen LogP contribution in [0.4, 0.5) is 10.1 Å². The van der Waals surface area contributed by atoms with E-state index in [1.165, 1.54) is 12.1 Å². The largest absolute Gasteiger partial charge is 0.489 e. The molecule has 1 heterocycles. The Morgan fingerprint density at radius 3 is 2.66 bits per heavy atom. The molecule has 3 aromatic rings. The van der Waals surface area contributed by atoms with E-state index in [4.69, 9.17) is 9.26 Å². The molecule has 0 aliphatic heterocycles. The van der Waals surface area contributed by atoms with Gasteiger partial charge in [-0.1, -0.05) is 11.2 Å². The molecule has 7 nitrogen and oxygen atoms in total. The highest BCUT2D eigenvalue weighted by atomic mass is 19.1. The number of hydrogen-bond donors (Lipinski definition) is 1. The minimum atomic E-state index is -0.826. The number of esters is 1. The number of halogens is 1. The molecular weight excluding hydrogens is 379 g/mol. The van der Waals surface area contributed by atoms with Gasteiger partial charge < -0.3 is 19.3 Å². The fourth-order valence-corrected chi connectivity index (χ4v) is 2.66. The minimum absolute atomic E-state index is 0.257. The SMILES string of the molecule is COC(=O)c1cc(NC(=O)c2cccc(OCc3c(C)noc3C)c2)ccc1F. The molecule has 0 atom stereocenters. The van der Waals surface area contributed by atoms with Crippen molar-refractivity contribution in [1.29, 1.82) is 0 Å². The van der Waals surface area contributed by atoms with Crippen LogP contribution in [0.3, 0.4) is 0 Å². The quantitative estimate of drug-likeness (QED) is 0.630. The van der Waals surface area contributed by atoms with Gasteiger partial charge in [0.2, 0.25) is 0 Å². The zero-order valence-corrected chi connectivity index (χ0v) is 16.1. The van der Waals surface area contributed by atoms with Gasteiger partial charge in [0, 0.05) is 11.3 Å². The van der Waals surface area contributed by atoms with Gasteiger partial charge in [-0.05, 0) is 50.2 Å². The van der Waals surface area contributed by atoms with Crippen LogP contribution in [0, 0.1) is 19.7 Å². The number of benzene rings is 2. The number of carbonyl (C=O) groups excluding carboxylic acids is 2. The van der Waals surface area contributed by atoms with Crippen molar-refractivity contribution in [3.8, 4) is 5.75 Å². The molecule has 1 aromatic heterocycles. The summed E-state index contributed by atoms with van der Waals surface area (Å²) in [6.45, 7) is 3.88. The van der Waals surface area contributed by atoms with E-state index in [1.54, 1.807) is 31.2 Å². The molecule has 29 heavy (non-hydrogen) atoms. The summed E-state index contributed by atoms with van der Waals surface area (Å²) in [5.41, 5.74) is 1.93. The van der Waals surface area contributed by atoms with Crippen molar-refractivity contribution in [3.05, 3.63) is 76.4 Å². The lowest BCUT2D eigenvalue weighted by molar-refractivity contribution is 0.0595. The van der Waals surface area contributed by atoms with Crippen LogP contribution in [-0.2, 0) is 11.3 Å². The molecule has 0 fully saturated rings. The van der Waals surface area contributed by atoms with E-state index in [0.29, 0.717) is 17.1 Å². The number of carbonyl (C=O) groups is 2. The normalized spacial score (nSPS) is 10.5. The van der Waals surface area contributed by atoms with Crippen LogP contribution in [0.1, 0.15) is 37.7 Å². The van der Waals surface area contributed by atoms with E-state index in [1.807, 2.05) is 6.92 Å². The third kappa shape index (κ3) is 4.60. The van der Waals surface area contributed by atoms with Crippen molar-refractivity contribution in [2.45, 2.75) is 20.5 Å². The molecular formula is C21H19FN2O5. The summed E-state index contributed by atoms with van der Waals surface area (Å²) in [4.78, 5) is 24.1. The highest BCUT2D eigenvalue weighted by Crippen LogP contribution is 2.20. The van der Waals surface area contributed by atoms with Crippen molar-refractivity contribution in [2.75, 3.05) is 12.4 Å². The van der Waals surface area contributed by atoms with Crippen molar-refractivity contribution in [2.24, 2.45) is 0 Å². The maximum Gasteiger partial charge on any atom is 0.340 e. The van der Waals surface area contributed by atoms with Crippen LogP contribution in [0.15, 0.2) is 47.0 Å². The zero-order valence-electron chi connectivity index (χ0n) is 16.1. The highest BCUT2D eigenvalue weighted by Gasteiger charge is 2.15. The Labute approximate surface area is 166 Å². The van der Waals surface area contributed by atoms with Crippen LogP contribution < -0.4 is 10.1 Å². The fourth-order valence-electron chi connectivity index (χ4n) is 2.66. The van der Waals surface area contributed by atoms with Crippen LogP contribution in [0.5, 0.6) is 5.75 Å². The third-order valence-electron chi connectivity index (χ3n) is 4.29. The molecule has 3 rings (SSSR count). The number of nitrogens with one attached hydrogen (secondary N) is 1. The number of ether oxygens (including phenoxy) is 2. The standard InChI is InChI=1S/C21H19FN2O5/c1-12-18(13(2)29-24-12)11-28-16-6-4-5-14(9-16)20(25)23-15-7-8-19(22)17(10-15)21(26)27-3/h4-10H,11H2,1-3H3,(H,23,25). The Kier molecular flexibility index (Phi) is 5.92. The molecule has 0 aliphatic rings. The summed E-state index contributed by atoms with van der Waals surface area (Å²) in [5.74, 6) is -0.825. The first kappa shape index (κ1) is 20.1. The number of rotatable bonds is 6. The van der Waals surface area contributed by atoms with Gasteiger partial charge in [0.05, 0.1) is 23.9 Å². The predicted octanol–water partition coefficient (Wildman–Crippen LogP) is 4.05. The van der Waals surface area contributed by atoms with Crippen molar-refractivity contribution in [3.63, 3.8) is 0 Å². The summed E-state index contributed by atoms with van der Waals surface area (Å²) < 4.78 is 29.1. The van der Waals surface area contributed by atoms with E-state index >= 15 is 0 Å². The van der Waals surface area contributed by atoms with Gasteiger partial charge in [-0.25, -0.2) is 9.18 Å². The maximum atomic E-state index is 13.7. The first-order chi connectivity index (χ1) is 13.9. The number of nitrogens with zero attached hydrogens (tertiary/aromatic N) is 1. The first-order valence-corrected chi connectivity index (χ1v) is 8.73. The Morgan fingerprint density at radius 1 is 1.17 bits per heavy atom. The second kappa shape index (κ2) is 8.55. The summed E-state index contributed by atoms with van der Waals surface area (Å²) in [7, 11) is 1.15. The lowest BCUT2D eigenvalue weighted by Crippen LogP contribution is -2.13. The molecule has 150 valence electrons. The van der Waals surface area contributed by atoms with Crippen molar-refractivity contribution in [1.82, 2.24) is 5.16 Å². The third-order valence-corrected chi connectivity index (χ3v) is 4.29. The summed E-state index contributed by atoms with van der Waals surface area (Å²) >= 11 is 0. The van der Waals surface area contributed by atoms with E-state index in [9.17, 15) is 14.0 Å². The van der Waals surface area contributed by atoms with E-state index in [0.717, 1.165) is 24.4 Å². The van der Waals surface area contributed by atoms with Gasteiger partial charge in [0.1, 0.15) is 23.9 Å².